The number of benzene rings is 3. The van der Waals surface area contributed by atoms with E-state index in [1.165, 1.54) is 0 Å². The Balaban J connectivity index is 2.23. The van der Waals surface area contributed by atoms with Crippen LogP contribution in [0, 0.1) is 10.8 Å². The third-order valence-corrected chi connectivity index (χ3v) is 11.6. The second kappa shape index (κ2) is 13.7. The Kier molecular flexibility index (Phi) is 10.8. The molecule has 6 nitrogen and oxygen atoms in total. The van der Waals surface area contributed by atoms with E-state index in [-0.39, 0.29) is 22.9 Å². The summed E-state index contributed by atoms with van der Waals surface area (Å²) in [6.45, 7) is 20.5. The third kappa shape index (κ3) is 7.92. The lowest BCUT2D eigenvalue weighted by molar-refractivity contribution is 0.264. The number of methoxy groups -OCH3 is 3. The highest BCUT2D eigenvalue weighted by atomic mass is 31.2. The highest BCUT2D eigenvalue weighted by Crippen LogP contribution is 2.47. The molecule has 0 saturated carbocycles. The van der Waals surface area contributed by atoms with Gasteiger partial charge in [0, 0.05) is 22.0 Å². The van der Waals surface area contributed by atoms with Crippen LogP contribution in [0.3, 0.4) is 0 Å². The Morgan fingerprint density at radius 2 is 1.02 bits per heavy atom. The molecule has 0 aromatic heterocycles. The zero-order chi connectivity index (χ0) is 31.1. The van der Waals surface area contributed by atoms with E-state index in [0.29, 0.717) is 6.54 Å². The maximum absolute atomic E-state index is 5.74. The van der Waals surface area contributed by atoms with Gasteiger partial charge in [-0.1, -0.05) is 48.1 Å². The minimum atomic E-state index is -2.50. The van der Waals surface area contributed by atoms with Crippen molar-refractivity contribution in [3.63, 3.8) is 0 Å². The van der Waals surface area contributed by atoms with Crippen LogP contribution in [0.2, 0.25) is 0 Å². The summed E-state index contributed by atoms with van der Waals surface area (Å²) >= 11 is 0. The van der Waals surface area contributed by atoms with Crippen LogP contribution < -0.4 is 40.8 Å². The van der Waals surface area contributed by atoms with Crippen LogP contribution in [0.1, 0.15) is 48.5 Å². The van der Waals surface area contributed by atoms with Crippen LogP contribution in [-0.4, -0.2) is 40.0 Å². The molecule has 0 aliphatic carbocycles. The Morgan fingerprint density at radius 3 is 1.31 bits per heavy atom. The second-order valence-electron chi connectivity index (χ2n) is 12.8. The molecule has 0 aliphatic rings. The molecule has 0 aliphatic heterocycles. The predicted molar refractivity (Wildman–Crippen MR) is 180 cm³/mol. The molecule has 0 amide bonds. The summed E-state index contributed by atoms with van der Waals surface area (Å²) < 4.78 is 22.3. The second-order valence-corrected chi connectivity index (χ2v) is 15.9. The summed E-state index contributed by atoms with van der Waals surface area (Å²) in [4.78, 5) is 0. The van der Waals surface area contributed by atoms with Gasteiger partial charge < -0.3 is 24.8 Å². The first kappa shape index (κ1) is 33.1. The fourth-order valence-electron chi connectivity index (χ4n) is 4.56. The Labute approximate surface area is 253 Å². The molecule has 0 unspecified atom stereocenters. The van der Waals surface area contributed by atoms with Crippen LogP contribution in [0.15, 0.2) is 89.9 Å². The number of hydrogen-bond acceptors (Lipinski definition) is 6. The molecule has 3 aromatic rings. The molecule has 0 bridgehead atoms. The van der Waals surface area contributed by atoms with Crippen molar-refractivity contribution in [2.24, 2.45) is 15.6 Å². The highest BCUT2D eigenvalue weighted by Gasteiger charge is 2.31. The van der Waals surface area contributed by atoms with Crippen molar-refractivity contribution in [1.82, 2.24) is 10.6 Å². The molecule has 42 heavy (non-hydrogen) atoms. The lowest BCUT2D eigenvalue weighted by Crippen LogP contribution is -2.48. The molecule has 7 heteroatoms. The van der Waals surface area contributed by atoms with Gasteiger partial charge in [-0.15, -0.1) is 0 Å². The standard InChI is InChI=1S/C35H50N3O3P/c1-25(34(3,4)5)37-26(2)38-33(35(6,7)8)24-36-42(30-18-12-27(39-9)13-19-30,31-20-14-28(40-10)15-21-31)32-22-16-29(41-11)17-23-32/h12-23,25,33,37-38H,2,24H2,1,3-11H3/t25-,33+/m0/s1. The van der Waals surface area contributed by atoms with E-state index >= 15 is 0 Å². The van der Waals surface area contributed by atoms with Crippen molar-refractivity contribution in [2.75, 3.05) is 27.9 Å². The zero-order valence-corrected chi connectivity index (χ0v) is 28.0. The van der Waals surface area contributed by atoms with Gasteiger partial charge >= 0.3 is 0 Å². The van der Waals surface area contributed by atoms with Gasteiger partial charge in [0.1, 0.15) is 17.2 Å². The first-order valence-corrected chi connectivity index (χ1v) is 16.2. The van der Waals surface area contributed by atoms with E-state index in [4.69, 9.17) is 19.0 Å². The van der Waals surface area contributed by atoms with Crippen molar-refractivity contribution in [2.45, 2.75) is 60.5 Å². The van der Waals surface area contributed by atoms with Crippen LogP contribution in [0.4, 0.5) is 0 Å². The maximum Gasteiger partial charge on any atom is 0.118 e. The van der Waals surface area contributed by atoms with Gasteiger partial charge in [-0.05, 0) is 90.6 Å². The molecule has 0 saturated heterocycles. The highest BCUT2D eigenvalue weighted by molar-refractivity contribution is 7.87. The molecule has 0 radical (unpaired) electrons. The Morgan fingerprint density at radius 1 is 0.667 bits per heavy atom. The van der Waals surface area contributed by atoms with Crippen molar-refractivity contribution < 1.29 is 14.2 Å². The molecule has 228 valence electrons. The fourth-order valence-corrected chi connectivity index (χ4v) is 8.09. The van der Waals surface area contributed by atoms with Crippen LogP contribution in [0.25, 0.3) is 0 Å². The van der Waals surface area contributed by atoms with E-state index in [1.807, 2.05) is 36.4 Å². The van der Waals surface area contributed by atoms with Crippen molar-refractivity contribution in [3.8, 4) is 17.2 Å². The first-order valence-electron chi connectivity index (χ1n) is 14.5. The molecule has 0 heterocycles. The normalized spacial score (nSPS) is 13.5. The minimum absolute atomic E-state index is 0.0267. The van der Waals surface area contributed by atoms with Crippen LogP contribution in [-0.2, 0) is 0 Å². The van der Waals surface area contributed by atoms with Gasteiger partial charge in [-0.25, -0.2) is 0 Å². The Bertz CT molecular complexity index is 1230. The average molecular weight is 592 g/mol. The van der Waals surface area contributed by atoms with E-state index in [2.05, 4.69) is 102 Å². The van der Waals surface area contributed by atoms with Crippen molar-refractivity contribution in [3.05, 3.63) is 85.2 Å². The number of ether oxygens (including phenoxy) is 3. The quantitative estimate of drug-likeness (QED) is 0.230. The lowest BCUT2D eigenvalue weighted by atomic mass is 9.86. The molecule has 2 N–H and O–H groups in total. The summed E-state index contributed by atoms with van der Waals surface area (Å²) in [7, 11) is 2.57. The average Bonchev–Trinajstić information content (AvgIpc) is 2.96. The number of nitrogens with zero attached hydrogens (tertiary/aromatic N) is 1. The topological polar surface area (TPSA) is 64.1 Å². The summed E-state index contributed by atoms with van der Waals surface area (Å²) in [6, 6.07) is 25.3. The summed E-state index contributed by atoms with van der Waals surface area (Å²) in [5.74, 6) is 3.25. The summed E-state index contributed by atoms with van der Waals surface area (Å²) in [5.41, 5.74) is 0.0124. The van der Waals surface area contributed by atoms with Crippen LogP contribution in [0.5, 0.6) is 17.2 Å². The molecule has 0 spiro atoms. The van der Waals surface area contributed by atoms with E-state index in [1.54, 1.807) is 21.3 Å². The van der Waals surface area contributed by atoms with E-state index < -0.39 is 7.05 Å². The van der Waals surface area contributed by atoms with Gasteiger partial charge in [0.05, 0.1) is 46.8 Å². The van der Waals surface area contributed by atoms with Crippen molar-refractivity contribution in [1.29, 1.82) is 0 Å². The number of nitrogens with one attached hydrogen (secondary N) is 2. The number of hydrogen-bond donors (Lipinski definition) is 2. The van der Waals surface area contributed by atoms with Crippen LogP contribution >= 0.6 is 7.05 Å². The lowest BCUT2D eigenvalue weighted by Gasteiger charge is -2.36. The smallest absolute Gasteiger partial charge is 0.118 e. The fraction of sp³-hybridized carbons (Fsp3) is 0.429. The largest absolute Gasteiger partial charge is 0.497 e. The predicted octanol–water partition coefficient (Wildman–Crippen LogP) is 6.69. The summed E-state index contributed by atoms with van der Waals surface area (Å²) in [5, 5.41) is 10.7. The van der Waals surface area contributed by atoms with Gasteiger partial charge in [-0.2, -0.15) is 0 Å². The molecule has 3 rings (SSSR count). The van der Waals surface area contributed by atoms with Gasteiger partial charge in [0.15, 0.2) is 0 Å². The molecular weight excluding hydrogens is 541 g/mol. The monoisotopic (exact) mass is 591 g/mol. The van der Waals surface area contributed by atoms with E-state index in [0.717, 1.165) is 39.0 Å². The minimum Gasteiger partial charge on any atom is -0.497 e. The van der Waals surface area contributed by atoms with Gasteiger partial charge in [0.25, 0.3) is 0 Å². The van der Waals surface area contributed by atoms with Gasteiger partial charge in [0.2, 0.25) is 0 Å². The first-order chi connectivity index (χ1) is 19.7. The van der Waals surface area contributed by atoms with E-state index in [9.17, 15) is 0 Å². The molecule has 0 fully saturated rings. The summed E-state index contributed by atoms with van der Waals surface area (Å²) in [6.07, 6.45) is 0. The maximum atomic E-state index is 5.74. The number of rotatable bonds is 12. The van der Waals surface area contributed by atoms with Crippen molar-refractivity contribution >= 4 is 23.0 Å². The zero-order valence-electron chi connectivity index (χ0n) is 27.1. The third-order valence-electron chi connectivity index (χ3n) is 7.90. The molecule has 3 aromatic carbocycles. The van der Waals surface area contributed by atoms with Gasteiger partial charge in [-0.3, -0.25) is 4.74 Å². The SMILES string of the molecule is C=C(N[C@@H](C)C(C)(C)C)N[C@H](CN=P(c1ccc(OC)cc1)(c1ccc(OC)cc1)c1ccc(OC)cc1)C(C)(C)C. The molecule has 2 atom stereocenters. The Hall–Kier alpha value is -3.37. The molecular formula is C35H50N3O3P.